The zero-order valence-corrected chi connectivity index (χ0v) is 10.2. The molecule has 1 aromatic carbocycles. The van der Waals surface area contributed by atoms with Crippen LogP contribution in [0.2, 0.25) is 0 Å². The first-order valence-corrected chi connectivity index (χ1v) is 4.18. The minimum atomic E-state index is 0. The van der Waals surface area contributed by atoms with Crippen molar-refractivity contribution in [3.63, 3.8) is 0 Å². The molecule has 4 N–H and O–H groups in total. The summed E-state index contributed by atoms with van der Waals surface area (Å²) in [6.45, 7) is 5.35. The van der Waals surface area contributed by atoms with Crippen LogP contribution in [0.4, 0.5) is 0 Å². The summed E-state index contributed by atoms with van der Waals surface area (Å²) in [4.78, 5) is 0. The first-order chi connectivity index (χ1) is 5.69. The number of hydrogen-bond acceptors (Lipinski definition) is 2. The van der Waals surface area contributed by atoms with Crippen LogP contribution in [0, 0.1) is 13.8 Å². The van der Waals surface area contributed by atoms with Gasteiger partial charge in [0, 0.05) is 13.1 Å². The lowest BCUT2D eigenvalue weighted by atomic mass is 10.0. The number of nitrogens with two attached hydrogens (primary N) is 2. The van der Waals surface area contributed by atoms with Crippen molar-refractivity contribution in [1.29, 1.82) is 0 Å². The molecule has 4 heteroatoms. The zero-order valence-electron chi connectivity index (χ0n) is 8.54. The highest BCUT2D eigenvalue weighted by Gasteiger charge is 2.01. The van der Waals surface area contributed by atoms with Crippen LogP contribution >= 0.6 is 24.8 Å². The molecule has 14 heavy (non-hydrogen) atoms. The van der Waals surface area contributed by atoms with E-state index in [1.165, 1.54) is 22.3 Å². The van der Waals surface area contributed by atoms with Gasteiger partial charge < -0.3 is 11.5 Å². The van der Waals surface area contributed by atoms with Crippen LogP contribution in [0.1, 0.15) is 22.3 Å². The Kier molecular flexibility index (Phi) is 8.16. The summed E-state index contributed by atoms with van der Waals surface area (Å²) in [5.41, 5.74) is 16.1. The van der Waals surface area contributed by atoms with Crippen molar-refractivity contribution in [2.24, 2.45) is 11.5 Å². The number of benzene rings is 1. The predicted molar refractivity (Wildman–Crippen MR) is 66.2 cm³/mol. The molecule has 0 fully saturated rings. The first kappa shape index (κ1) is 16.2. The van der Waals surface area contributed by atoms with Gasteiger partial charge in [0.25, 0.3) is 0 Å². The predicted octanol–water partition coefficient (Wildman–Crippen LogP) is 2.06. The van der Waals surface area contributed by atoms with Crippen LogP contribution in [0.5, 0.6) is 0 Å². The minimum absolute atomic E-state index is 0. The molecule has 0 aliphatic carbocycles. The summed E-state index contributed by atoms with van der Waals surface area (Å²) in [5.74, 6) is 0. The minimum Gasteiger partial charge on any atom is -0.326 e. The van der Waals surface area contributed by atoms with Gasteiger partial charge in [0.05, 0.1) is 0 Å². The molecular formula is C10H18Cl2N2. The summed E-state index contributed by atoms with van der Waals surface area (Å²) >= 11 is 0. The molecule has 0 radical (unpaired) electrons. The molecule has 0 heterocycles. The van der Waals surface area contributed by atoms with Crippen LogP contribution < -0.4 is 11.5 Å². The summed E-state index contributed by atoms with van der Waals surface area (Å²) in [6, 6.07) is 4.25. The van der Waals surface area contributed by atoms with Gasteiger partial charge >= 0.3 is 0 Å². The Hall–Kier alpha value is -0.280. The van der Waals surface area contributed by atoms with Gasteiger partial charge in [0.1, 0.15) is 0 Å². The van der Waals surface area contributed by atoms with E-state index in [4.69, 9.17) is 11.5 Å². The maximum atomic E-state index is 5.58. The fraction of sp³-hybridized carbons (Fsp3) is 0.400. The summed E-state index contributed by atoms with van der Waals surface area (Å²) in [6.07, 6.45) is 0. The van der Waals surface area contributed by atoms with Gasteiger partial charge in [-0.3, -0.25) is 0 Å². The van der Waals surface area contributed by atoms with Gasteiger partial charge in [0.2, 0.25) is 0 Å². The first-order valence-electron chi connectivity index (χ1n) is 4.18. The van der Waals surface area contributed by atoms with E-state index >= 15 is 0 Å². The molecule has 1 rings (SSSR count). The Morgan fingerprint density at radius 3 is 1.50 bits per heavy atom. The van der Waals surface area contributed by atoms with Gasteiger partial charge in [-0.2, -0.15) is 0 Å². The van der Waals surface area contributed by atoms with E-state index in [0.29, 0.717) is 13.1 Å². The van der Waals surface area contributed by atoms with E-state index in [2.05, 4.69) is 26.0 Å². The second-order valence-corrected chi connectivity index (χ2v) is 3.11. The fourth-order valence-corrected chi connectivity index (χ4v) is 1.39. The van der Waals surface area contributed by atoms with E-state index in [-0.39, 0.29) is 24.8 Å². The highest BCUT2D eigenvalue weighted by atomic mass is 35.5. The summed E-state index contributed by atoms with van der Waals surface area (Å²) < 4.78 is 0. The number of halogens is 2. The average Bonchev–Trinajstić information content (AvgIpc) is 2.05. The molecule has 0 aliphatic heterocycles. The van der Waals surface area contributed by atoms with Crippen LogP contribution in [0.3, 0.4) is 0 Å². The fourth-order valence-electron chi connectivity index (χ4n) is 1.39. The van der Waals surface area contributed by atoms with Gasteiger partial charge in [-0.1, -0.05) is 12.1 Å². The standard InChI is InChI=1S/C10H16N2.2ClH/c1-7-3-8(2)10(6-12)4-9(7)5-11;;/h3-4H,5-6,11-12H2,1-2H3;2*1H. The lowest BCUT2D eigenvalue weighted by molar-refractivity contribution is 0.996. The van der Waals surface area contributed by atoms with Crippen molar-refractivity contribution in [2.45, 2.75) is 26.9 Å². The molecule has 0 amide bonds. The van der Waals surface area contributed by atoms with Crippen molar-refractivity contribution in [3.8, 4) is 0 Å². The maximum absolute atomic E-state index is 5.58. The highest BCUT2D eigenvalue weighted by molar-refractivity contribution is 5.85. The molecule has 0 aromatic heterocycles. The van der Waals surface area contributed by atoms with E-state index < -0.39 is 0 Å². The third kappa shape index (κ3) is 3.46. The Bertz CT molecular complexity index is 262. The van der Waals surface area contributed by atoms with Gasteiger partial charge in [0.15, 0.2) is 0 Å². The average molecular weight is 237 g/mol. The maximum Gasteiger partial charge on any atom is 0.0180 e. The van der Waals surface area contributed by atoms with Crippen LogP contribution in [0.15, 0.2) is 12.1 Å². The number of hydrogen-bond donors (Lipinski definition) is 2. The van der Waals surface area contributed by atoms with Crippen molar-refractivity contribution >= 4 is 24.8 Å². The molecule has 0 atom stereocenters. The molecule has 0 unspecified atom stereocenters. The van der Waals surface area contributed by atoms with E-state index in [1.54, 1.807) is 0 Å². The SMILES string of the molecule is Cc1cc(C)c(CN)cc1CN.Cl.Cl. The van der Waals surface area contributed by atoms with Crippen LogP contribution in [0.25, 0.3) is 0 Å². The number of aryl methyl sites for hydroxylation is 2. The lowest BCUT2D eigenvalue weighted by Crippen LogP contribution is -2.05. The summed E-state index contributed by atoms with van der Waals surface area (Å²) in [7, 11) is 0. The topological polar surface area (TPSA) is 52.0 Å². The second-order valence-electron chi connectivity index (χ2n) is 3.11. The highest BCUT2D eigenvalue weighted by Crippen LogP contribution is 2.14. The quantitative estimate of drug-likeness (QED) is 0.827. The molecule has 0 saturated carbocycles. The lowest BCUT2D eigenvalue weighted by Gasteiger charge is -2.08. The van der Waals surface area contributed by atoms with Crippen molar-refractivity contribution in [2.75, 3.05) is 0 Å². The molecule has 0 bridgehead atoms. The monoisotopic (exact) mass is 236 g/mol. The van der Waals surface area contributed by atoms with Gasteiger partial charge in [-0.25, -0.2) is 0 Å². The molecule has 0 aliphatic rings. The number of rotatable bonds is 2. The van der Waals surface area contributed by atoms with Crippen molar-refractivity contribution < 1.29 is 0 Å². The third-order valence-corrected chi connectivity index (χ3v) is 2.23. The van der Waals surface area contributed by atoms with Crippen molar-refractivity contribution in [3.05, 3.63) is 34.4 Å². The molecule has 2 nitrogen and oxygen atoms in total. The largest absolute Gasteiger partial charge is 0.326 e. The Labute approximate surface area is 97.9 Å². The molecule has 0 saturated heterocycles. The normalized spacial score (nSPS) is 8.86. The smallest absolute Gasteiger partial charge is 0.0180 e. The zero-order chi connectivity index (χ0) is 9.14. The van der Waals surface area contributed by atoms with E-state index in [0.717, 1.165) is 0 Å². The Morgan fingerprint density at radius 1 is 0.857 bits per heavy atom. The van der Waals surface area contributed by atoms with Crippen LogP contribution in [-0.4, -0.2) is 0 Å². The molecule has 0 spiro atoms. The molecule has 1 aromatic rings. The molecule has 82 valence electrons. The van der Waals surface area contributed by atoms with E-state index in [9.17, 15) is 0 Å². The Balaban J connectivity index is 0. The van der Waals surface area contributed by atoms with Gasteiger partial charge in [-0.15, -0.1) is 24.8 Å². The van der Waals surface area contributed by atoms with Gasteiger partial charge in [-0.05, 0) is 36.1 Å². The van der Waals surface area contributed by atoms with Crippen molar-refractivity contribution in [1.82, 2.24) is 0 Å². The van der Waals surface area contributed by atoms with E-state index in [1.807, 2.05) is 0 Å². The second kappa shape index (κ2) is 7.07. The third-order valence-electron chi connectivity index (χ3n) is 2.23. The molecular weight excluding hydrogens is 219 g/mol. The van der Waals surface area contributed by atoms with Crippen LogP contribution in [-0.2, 0) is 13.1 Å². The Morgan fingerprint density at radius 2 is 1.21 bits per heavy atom. The summed E-state index contributed by atoms with van der Waals surface area (Å²) in [5, 5.41) is 0.